The lowest BCUT2D eigenvalue weighted by Crippen LogP contribution is -2.04. The molecule has 3 heterocycles. The molecule has 0 aliphatic carbocycles. The van der Waals surface area contributed by atoms with E-state index in [4.69, 9.17) is 4.42 Å². The minimum Gasteiger partial charge on any atom is -0.422 e. The van der Waals surface area contributed by atoms with Gasteiger partial charge in [0.25, 0.3) is 0 Å². The van der Waals surface area contributed by atoms with E-state index in [1.165, 1.54) is 0 Å². The predicted octanol–water partition coefficient (Wildman–Crippen LogP) is 5.10. The highest BCUT2D eigenvalue weighted by Crippen LogP contribution is 2.27. The molecule has 32 heavy (non-hydrogen) atoms. The highest BCUT2D eigenvalue weighted by molar-refractivity contribution is 5.92. The van der Waals surface area contributed by atoms with Crippen LogP contribution in [0.5, 0.6) is 0 Å². The van der Waals surface area contributed by atoms with Gasteiger partial charge in [0.15, 0.2) is 0 Å². The molecular formula is C26H16N4O2. The predicted molar refractivity (Wildman–Crippen MR) is 123 cm³/mol. The van der Waals surface area contributed by atoms with Crippen molar-refractivity contribution in [3.8, 4) is 23.0 Å². The second kappa shape index (κ2) is 8.17. The summed E-state index contributed by atoms with van der Waals surface area (Å²) in [6.45, 7) is 0. The Balaban J connectivity index is 1.74. The fraction of sp³-hybridized carbons (Fsp3) is 0. The Bertz CT molecular complexity index is 1540. The Hall–Kier alpha value is -4.76. The third-order valence-electron chi connectivity index (χ3n) is 5.02. The van der Waals surface area contributed by atoms with Crippen LogP contribution < -0.4 is 5.63 Å². The van der Waals surface area contributed by atoms with E-state index < -0.39 is 5.63 Å². The molecule has 0 radical (unpaired) electrons. The van der Waals surface area contributed by atoms with Gasteiger partial charge in [-0.25, -0.2) is 9.48 Å². The first-order valence-corrected chi connectivity index (χ1v) is 9.94. The zero-order chi connectivity index (χ0) is 21.9. The van der Waals surface area contributed by atoms with Crippen LogP contribution in [0.25, 0.3) is 39.6 Å². The normalized spacial score (nSPS) is 11.4. The Morgan fingerprint density at radius 1 is 1.00 bits per heavy atom. The minimum atomic E-state index is -0.493. The van der Waals surface area contributed by atoms with Crippen molar-refractivity contribution >= 4 is 22.6 Å². The van der Waals surface area contributed by atoms with Crippen LogP contribution in [0.4, 0.5) is 0 Å². The first-order chi connectivity index (χ1) is 15.7. The first-order valence-electron chi connectivity index (χ1n) is 9.94. The number of hydrogen-bond donors (Lipinski definition) is 0. The second-order valence-corrected chi connectivity index (χ2v) is 7.08. The number of nitriles is 1. The van der Waals surface area contributed by atoms with Crippen molar-refractivity contribution in [2.75, 3.05) is 0 Å². The number of benzene rings is 2. The van der Waals surface area contributed by atoms with E-state index >= 15 is 0 Å². The highest BCUT2D eigenvalue weighted by Gasteiger charge is 2.17. The topological polar surface area (TPSA) is 84.7 Å². The lowest BCUT2D eigenvalue weighted by atomic mass is 10.0. The van der Waals surface area contributed by atoms with Crippen molar-refractivity contribution in [2.24, 2.45) is 0 Å². The van der Waals surface area contributed by atoms with E-state index in [1.807, 2.05) is 54.6 Å². The minimum absolute atomic E-state index is 0.322. The molecule has 0 unspecified atom stereocenters. The van der Waals surface area contributed by atoms with Gasteiger partial charge in [0.1, 0.15) is 17.3 Å². The summed E-state index contributed by atoms with van der Waals surface area (Å²) in [5.74, 6) is 0. The van der Waals surface area contributed by atoms with Crippen molar-refractivity contribution in [2.45, 2.75) is 0 Å². The summed E-state index contributed by atoms with van der Waals surface area (Å²) >= 11 is 0. The molecule has 0 bridgehead atoms. The summed E-state index contributed by atoms with van der Waals surface area (Å²) in [5.41, 5.74) is 3.11. The molecule has 0 atom stereocenters. The molecule has 0 spiro atoms. The molecule has 0 aliphatic rings. The molecule has 2 aromatic carbocycles. The number of fused-ring (bicyclic) bond motifs is 1. The summed E-state index contributed by atoms with van der Waals surface area (Å²) in [6.07, 6.45) is 5.12. The number of rotatable bonds is 4. The number of nitrogens with zero attached hydrogens (tertiary/aromatic N) is 4. The highest BCUT2D eigenvalue weighted by atomic mass is 16.4. The molecule has 0 aliphatic heterocycles. The smallest absolute Gasteiger partial charge is 0.345 e. The van der Waals surface area contributed by atoms with Crippen LogP contribution in [0.2, 0.25) is 0 Å². The molecule has 3 aromatic heterocycles. The van der Waals surface area contributed by atoms with E-state index in [0.29, 0.717) is 33.7 Å². The van der Waals surface area contributed by atoms with Gasteiger partial charge in [-0.1, -0.05) is 42.5 Å². The molecule has 5 rings (SSSR count). The summed E-state index contributed by atoms with van der Waals surface area (Å²) in [4.78, 5) is 17.1. The van der Waals surface area contributed by atoms with Crippen LogP contribution in [0, 0.1) is 11.3 Å². The van der Waals surface area contributed by atoms with Crippen molar-refractivity contribution in [3.63, 3.8) is 0 Å². The van der Waals surface area contributed by atoms with Crippen LogP contribution in [-0.2, 0) is 0 Å². The fourth-order valence-electron chi connectivity index (χ4n) is 3.48. The molecule has 0 saturated heterocycles. The Morgan fingerprint density at radius 2 is 1.78 bits per heavy atom. The summed E-state index contributed by atoms with van der Waals surface area (Å²) in [6, 6.07) is 26.2. The van der Waals surface area contributed by atoms with Crippen molar-refractivity contribution in [1.29, 1.82) is 5.26 Å². The standard InChI is InChI=1S/C26H16N4O2/c27-16-19(23-11-6-7-13-28-23)14-20-17-30(21-9-2-1-3-10-21)29-25(20)22-15-18-8-4-5-12-24(18)32-26(22)31/h1-15,17H. The lowest BCUT2D eigenvalue weighted by molar-refractivity contribution is 0.563. The van der Waals surface area contributed by atoms with Crippen LogP contribution >= 0.6 is 0 Å². The number of aromatic nitrogens is 3. The van der Waals surface area contributed by atoms with Crippen molar-refractivity contribution in [1.82, 2.24) is 14.8 Å². The Labute approximate surface area is 183 Å². The Kier molecular flexibility index (Phi) is 4.91. The van der Waals surface area contributed by atoms with E-state index in [0.717, 1.165) is 11.1 Å². The van der Waals surface area contributed by atoms with Gasteiger partial charge in [-0.05, 0) is 42.5 Å². The monoisotopic (exact) mass is 416 g/mol. The van der Waals surface area contributed by atoms with E-state index in [2.05, 4.69) is 16.2 Å². The van der Waals surface area contributed by atoms with Gasteiger partial charge < -0.3 is 4.42 Å². The van der Waals surface area contributed by atoms with Gasteiger partial charge in [0.2, 0.25) is 0 Å². The van der Waals surface area contributed by atoms with Crippen LogP contribution in [-0.4, -0.2) is 14.8 Å². The summed E-state index contributed by atoms with van der Waals surface area (Å²) < 4.78 is 7.21. The van der Waals surface area contributed by atoms with Crippen LogP contribution in [0.1, 0.15) is 11.3 Å². The maximum absolute atomic E-state index is 12.8. The molecule has 0 fully saturated rings. The molecule has 0 amide bonds. The molecule has 5 aromatic rings. The molecule has 0 N–H and O–H groups in total. The summed E-state index contributed by atoms with van der Waals surface area (Å²) in [5, 5.41) is 15.2. The summed E-state index contributed by atoms with van der Waals surface area (Å²) in [7, 11) is 0. The maximum atomic E-state index is 12.8. The first kappa shape index (κ1) is 19.2. The van der Waals surface area contributed by atoms with E-state index in [-0.39, 0.29) is 0 Å². The van der Waals surface area contributed by atoms with E-state index in [1.54, 1.807) is 47.4 Å². The Morgan fingerprint density at radius 3 is 2.56 bits per heavy atom. The van der Waals surface area contributed by atoms with Gasteiger partial charge in [-0.15, -0.1) is 0 Å². The molecule has 6 nitrogen and oxygen atoms in total. The maximum Gasteiger partial charge on any atom is 0.345 e. The molecular weight excluding hydrogens is 400 g/mol. The lowest BCUT2D eigenvalue weighted by Gasteiger charge is -2.02. The van der Waals surface area contributed by atoms with Gasteiger partial charge in [0, 0.05) is 23.3 Å². The van der Waals surface area contributed by atoms with Gasteiger partial charge in [-0.2, -0.15) is 10.4 Å². The van der Waals surface area contributed by atoms with Crippen molar-refractivity contribution < 1.29 is 4.42 Å². The number of allylic oxidation sites excluding steroid dienone is 1. The van der Waals surface area contributed by atoms with E-state index in [9.17, 15) is 10.1 Å². The zero-order valence-electron chi connectivity index (χ0n) is 16.8. The third kappa shape index (κ3) is 3.59. The van der Waals surface area contributed by atoms with Gasteiger partial charge >= 0.3 is 5.63 Å². The molecule has 152 valence electrons. The average Bonchev–Trinajstić information content (AvgIpc) is 3.27. The van der Waals surface area contributed by atoms with Crippen LogP contribution in [0.15, 0.2) is 100 Å². The average molecular weight is 416 g/mol. The number of pyridine rings is 1. The molecule has 6 heteroatoms. The largest absolute Gasteiger partial charge is 0.422 e. The number of para-hydroxylation sites is 2. The quantitative estimate of drug-likeness (QED) is 0.300. The second-order valence-electron chi connectivity index (χ2n) is 7.08. The zero-order valence-corrected chi connectivity index (χ0v) is 16.8. The van der Waals surface area contributed by atoms with Gasteiger partial charge in [0.05, 0.1) is 22.5 Å². The fourth-order valence-corrected chi connectivity index (χ4v) is 3.48. The van der Waals surface area contributed by atoms with Crippen LogP contribution in [0.3, 0.4) is 0 Å². The van der Waals surface area contributed by atoms with Crippen molar-refractivity contribution in [3.05, 3.63) is 113 Å². The SMILES string of the molecule is N#CC(=Cc1cn(-c2ccccc2)nc1-c1cc2ccccc2oc1=O)c1ccccn1. The molecule has 0 saturated carbocycles. The third-order valence-corrected chi connectivity index (χ3v) is 5.02. The number of hydrogen-bond acceptors (Lipinski definition) is 5. The van der Waals surface area contributed by atoms with Gasteiger partial charge in [-0.3, -0.25) is 4.98 Å².